The predicted octanol–water partition coefficient (Wildman–Crippen LogP) is 7.72. The summed E-state index contributed by atoms with van der Waals surface area (Å²) in [7, 11) is 0. The van der Waals surface area contributed by atoms with Gasteiger partial charge in [0, 0.05) is 0 Å². The summed E-state index contributed by atoms with van der Waals surface area (Å²) in [5.41, 5.74) is 0.625. The van der Waals surface area contributed by atoms with Crippen LogP contribution in [0.3, 0.4) is 0 Å². The summed E-state index contributed by atoms with van der Waals surface area (Å²) in [6.07, 6.45) is 8.10. The highest BCUT2D eigenvalue weighted by Gasteiger charge is 2.15. The lowest BCUT2D eigenvalue weighted by Gasteiger charge is -2.23. The first kappa shape index (κ1) is 24.0. The third-order valence-corrected chi connectivity index (χ3v) is 3.70. The Hall–Kier alpha value is 0. The number of hydrogen-bond acceptors (Lipinski definition) is 0. The van der Waals surface area contributed by atoms with Crippen LogP contribution in [-0.4, -0.2) is 0 Å². The Balaban J connectivity index is -0.000000214. The Bertz CT molecular complexity index is 129. The predicted molar refractivity (Wildman–Crippen MR) is 93.9 cm³/mol. The van der Waals surface area contributed by atoms with Crippen molar-refractivity contribution in [1.82, 2.24) is 0 Å². The van der Waals surface area contributed by atoms with Gasteiger partial charge in [0.25, 0.3) is 0 Å². The zero-order valence-corrected chi connectivity index (χ0v) is 15.9. The molecule has 0 aromatic carbocycles. The number of rotatable bonds is 6. The SMILES string of the molecule is CC(C)C.CCC(C)(CC)CC.CCCCC(C)C. The van der Waals surface area contributed by atoms with Crippen molar-refractivity contribution in [1.29, 1.82) is 0 Å². The molecule has 0 aromatic rings. The molecule has 0 saturated heterocycles. The van der Waals surface area contributed by atoms with Crippen LogP contribution in [-0.2, 0) is 0 Å². The molecule has 0 heteroatoms. The summed E-state index contributed by atoms with van der Waals surface area (Å²) < 4.78 is 0. The van der Waals surface area contributed by atoms with Crippen molar-refractivity contribution in [3.05, 3.63) is 0 Å². The van der Waals surface area contributed by atoms with E-state index >= 15 is 0 Å². The number of unbranched alkanes of at least 4 members (excludes halogenated alkanes) is 1. The molecule has 0 aliphatic heterocycles. The van der Waals surface area contributed by atoms with E-state index in [1.807, 2.05) is 0 Å². The van der Waals surface area contributed by atoms with Gasteiger partial charge in [0.15, 0.2) is 0 Å². The van der Waals surface area contributed by atoms with E-state index < -0.39 is 0 Å². The van der Waals surface area contributed by atoms with Crippen LogP contribution in [0.4, 0.5) is 0 Å². The van der Waals surface area contributed by atoms with Gasteiger partial charge in [0.2, 0.25) is 0 Å². The van der Waals surface area contributed by atoms with Crippen molar-refractivity contribution < 1.29 is 0 Å². The molecule has 0 fully saturated rings. The van der Waals surface area contributed by atoms with Crippen molar-refractivity contribution in [2.24, 2.45) is 17.3 Å². The van der Waals surface area contributed by atoms with Gasteiger partial charge in [-0.05, 0) is 17.3 Å². The topological polar surface area (TPSA) is 0 Å². The molecule has 0 spiro atoms. The van der Waals surface area contributed by atoms with Gasteiger partial charge < -0.3 is 0 Å². The second-order valence-corrected chi connectivity index (χ2v) is 7.14. The number of hydrogen-bond donors (Lipinski definition) is 0. The van der Waals surface area contributed by atoms with Crippen LogP contribution in [0.1, 0.15) is 108 Å². The molecule has 0 aliphatic rings. The summed E-state index contributed by atoms with van der Waals surface area (Å²) in [5, 5.41) is 0. The zero-order chi connectivity index (χ0) is 15.9. The van der Waals surface area contributed by atoms with Gasteiger partial charge in [-0.3, -0.25) is 0 Å². The maximum Gasteiger partial charge on any atom is -0.0334 e. The lowest BCUT2D eigenvalue weighted by molar-refractivity contribution is 0.286. The fourth-order valence-corrected chi connectivity index (χ4v) is 1.36. The Kier molecular flexibility index (Phi) is 20.3. The molecule has 0 atom stereocenters. The van der Waals surface area contributed by atoms with E-state index in [4.69, 9.17) is 0 Å². The quantitative estimate of drug-likeness (QED) is 0.464. The Morgan fingerprint density at radius 1 is 0.737 bits per heavy atom. The van der Waals surface area contributed by atoms with E-state index in [0.29, 0.717) is 5.41 Å². The van der Waals surface area contributed by atoms with Crippen LogP contribution in [0.2, 0.25) is 0 Å². The van der Waals surface area contributed by atoms with Gasteiger partial charge in [-0.2, -0.15) is 0 Å². The summed E-state index contributed by atoms with van der Waals surface area (Å²) >= 11 is 0. The Morgan fingerprint density at radius 3 is 1.11 bits per heavy atom. The maximum absolute atomic E-state index is 2.35. The van der Waals surface area contributed by atoms with Crippen LogP contribution in [0.25, 0.3) is 0 Å². The molecule has 0 saturated carbocycles. The molecule has 0 aromatic heterocycles. The van der Waals surface area contributed by atoms with Crippen LogP contribution < -0.4 is 0 Å². The van der Waals surface area contributed by atoms with Crippen molar-refractivity contribution in [3.8, 4) is 0 Å². The molecule has 120 valence electrons. The van der Waals surface area contributed by atoms with Gasteiger partial charge in [0.1, 0.15) is 0 Å². The highest BCUT2D eigenvalue weighted by atomic mass is 14.2. The standard InChI is InChI=1S/C8H18.C7H16.C4H10/c1-5-8(4,6-2)7-3;1-4-5-6-7(2)3;1-4(2)3/h5-7H2,1-4H3;7H,4-6H2,1-3H3;4H,1-3H3. The first-order valence-electron chi connectivity index (χ1n) is 8.68. The summed E-state index contributed by atoms with van der Waals surface area (Å²) in [4.78, 5) is 0. The minimum Gasteiger partial charge on any atom is -0.0654 e. The minimum atomic E-state index is 0.625. The van der Waals surface area contributed by atoms with E-state index in [1.165, 1.54) is 38.5 Å². The van der Waals surface area contributed by atoms with Gasteiger partial charge in [-0.1, -0.05) is 108 Å². The summed E-state index contributed by atoms with van der Waals surface area (Å²) in [6.45, 7) is 22.5. The molecule has 0 unspecified atom stereocenters. The molecule has 0 heterocycles. The molecule has 0 aliphatic carbocycles. The van der Waals surface area contributed by atoms with Gasteiger partial charge >= 0.3 is 0 Å². The van der Waals surface area contributed by atoms with Gasteiger partial charge in [-0.25, -0.2) is 0 Å². The summed E-state index contributed by atoms with van der Waals surface area (Å²) in [6, 6.07) is 0. The normalized spacial score (nSPS) is 10.7. The molecule has 0 bridgehead atoms. The van der Waals surface area contributed by atoms with Crippen LogP contribution in [0.15, 0.2) is 0 Å². The average molecular weight is 273 g/mol. The van der Waals surface area contributed by atoms with Gasteiger partial charge in [-0.15, -0.1) is 0 Å². The fourth-order valence-electron chi connectivity index (χ4n) is 1.36. The van der Waals surface area contributed by atoms with Crippen molar-refractivity contribution in [2.75, 3.05) is 0 Å². The van der Waals surface area contributed by atoms with E-state index in [2.05, 4.69) is 69.2 Å². The van der Waals surface area contributed by atoms with Crippen LogP contribution in [0, 0.1) is 17.3 Å². The van der Waals surface area contributed by atoms with Crippen LogP contribution >= 0.6 is 0 Å². The molecule has 0 N–H and O–H groups in total. The largest absolute Gasteiger partial charge is 0.0654 e. The van der Waals surface area contributed by atoms with E-state index in [1.54, 1.807) is 0 Å². The van der Waals surface area contributed by atoms with Gasteiger partial charge in [0.05, 0.1) is 0 Å². The fraction of sp³-hybridized carbons (Fsp3) is 1.00. The molecular weight excluding hydrogens is 228 g/mol. The van der Waals surface area contributed by atoms with Crippen molar-refractivity contribution in [3.63, 3.8) is 0 Å². The minimum absolute atomic E-state index is 0.625. The molecule has 0 amide bonds. The summed E-state index contributed by atoms with van der Waals surface area (Å²) in [5.74, 6) is 1.74. The molecular formula is C19H44. The first-order chi connectivity index (χ1) is 8.68. The molecule has 0 rings (SSSR count). The highest BCUT2D eigenvalue weighted by Crippen LogP contribution is 2.28. The van der Waals surface area contributed by atoms with E-state index in [-0.39, 0.29) is 0 Å². The van der Waals surface area contributed by atoms with E-state index in [0.717, 1.165) is 11.8 Å². The lowest BCUT2D eigenvalue weighted by Crippen LogP contribution is -2.10. The monoisotopic (exact) mass is 272 g/mol. The third-order valence-electron chi connectivity index (χ3n) is 3.70. The van der Waals surface area contributed by atoms with E-state index in [9.17, 15) is 0 Å². The Labute approximate surface area is 125 Å². The second-order valence-electron chi connectivity index (χ2n) is 7.14. The van der Waals surface area contributed by atoms with Crippen molar-refractivity contribution >= 4 is 0 Å². The Morgan fingerprint density at radius 2 is 1.05 bits per heavy atom. The molecule has 19 heavy (non-hydrogen) atoms. The maximum atomic E-state index is 2.35. The van der Waals surface area contributed by atoms with Crippen molar-refractivity contribution in [2.45, 2.75) is 108 Å². The first-order valence-corrected chi connectivity index (χ1v) is 8.68. The smallest absolute Gasteiger partial charge is 0.0334 e. The third kappa shape index (κ3) is 27.3. The highest BCUT2D eigenvalue weighted by molar-refractivity contribution is 4.67. The van der Waals surface area contributed by atoms with Crippen LogP contribution in [0.5, 0.6) is 0 Å². The zero-order valence-electron chi connectivity index (χ0n) is 15.9. The lowest BCUT2D eigenvalue weighted by atomic mass is 9.82. The average Bonchev–Trinajstić information content (AvgIpc) is 2.35. The molecule has 0 radical (unpaired) electrons. The molecule has 0 nitrogen and oxygen atoms in total. The second kappa shape index (κ2) is 16.1.